The zero-order valence-corrected chi connectivity index (χ0v) is 12.4. The molecule has 106 valence electrons. The summed E-state index contributed by atoms with van der Waals surface area (Å²) in [5.41, 5.74) is 3.02. The van der Waals surface area contributed by atoms with Crippen molar-refractivity contribution in [1.29, 1.82) is 0 Å². The molecule has 20 heavy (non-hydrogen) atoms. The van der Waals surface area contributed by atoms with Crippen LogP contribution < -0.4 is 5.32 Å². The van der Waals surface area contributed by atoms with Gasteiger partial charge >= 0.3 is 0 Å². The molecular formula is C15H18ClN3O. The summed E-state index contributed by atoms with van der Waals surface area (Å²) in [5, 5.41) is 7.62. The normalized spacial score (nSPS) is 10.6. The van der Waals surface area contributed by atoms with E-state index >= 15 is 0 Å². The van der Waals surface area contributed by atoms with Gasteiger partial charge in [0, 0.05) is 24.8 Å². The molecular weight excluding hydrogens is 274 g/mol. The predicted molar refractivity (Wildman–Crippen MR) is 80.1 cm³/mol. The molecule has 0 aliphatic rings. The van der Waals surface area contributed by atoms with Crippen LogP contribution in [-0.4, -0.2) is 22.2 Å². The number of nitrogens with zero attached hydrogens (tertiary/aromatic N) is 2. The van der Waals surface area contributed by atoms with Crippen LogP contribution in [0.5, 0.6) is 0 Å². The Morgan fingerprint density at radius 1 is 1.35 bits per heavy atom. The molecule has 1 aromatic heterocycles. The van der Waals surface area contributed by atoms with Crippen molar-refractivity contribution in [3.8, 4) is 0 Å². The number of nitrogens with one attached hydrogen (secondary N) is 1. The van der Waals surface area contributed by atoms with E-state index in [1.807, 2.05) is 32.0 Å². The molecule has 2 aromatic rings. The minimum Gasteiger partial charge on any atom is -0.352 e. The van der Waals surface area contributed by atoms with Gasteiger partial charge in [-0.2, -0.15) is 5.10 Å². The first kappa shape index (κ1) is 14.6. The summed E-state index contributed by atoms with van der Waals surface area (Å²) in [6, 6.07) is 5.73. The van der Waals surface area contributed by atoms with Crippen molar-refractivity contribution in [3.63, 3.8) is 0 Å². The van der Waals surface area contributed by atoms with Gasteiger partial charge in [0.25, 0.3) is 5.91 Å². The Balaban J connectivity index is 1.78. The van der Waals surface area contributed by atoms with Crippen molar-refractivity contribution in [2.24, 2.45) is 0 Å². The Hall–Kier alpha value is -1.81. The highest BCUT2D eigenvalue weighted by Crippen LogP contribution is 2.09. The molecule has 0 saturated heterocycles. The van der Waals surface area contributed by atoms with Crippen LogP contribution in [0.15, 0.2) is 30.6 Å². The molecule has 1 amide bonds. The standard InChI is InChI=1S/C15H18ClN3O/c1-11-4-5-13(8-12(11)2)15(20)17-6-3-7-19-10-14(16)9-18-19/h4-5,8-10H,3,6-7H2,1-2H3,(H,17,20). The zero-order valence-electron chi connectivity index (χ0n) is 11.7. The van der Waals surface area contributed by atoms with E-state index in [2.05, 4.69) is 10.4 Å². The predicted octanol–water partition coefficient (Wildman–Crippen LogP) is 2.97. The van der Waals surface area contributed by atoms with Crippen LogP contribution in [0.25, 0.3) is 0 Å². The van der Waals surface area contributed by atoms with Crippen LogP contribution >= 0.6 is 11.6 Å². The fourth-order valence-corrected chi connectivity index (χ4v) is 2.04. The van der Waals surface area contributed by atoms with Gasteiger partial charge in [-0.05, 0) is 43.5 Å². The van der Waals surface area contributed by atoms with E-state index in [0.717, 1.165) is 18.5 Å². The molecule has 1 aromatic carbocycles. The van der Waals surface area contributed by atoms with E-state index in [1.54, 1.807) is 17.1 Å². The molecule has 0 aliphatic carbocycles. The Bertz CT molecular complexity index is 607. The maximum absolute atomic E-state index is 12.0. The molecule has 0 atom stereocenters. The largest absolute Gasteiger partial charge is 0.352 e. The fourth-order valence-electron chi connectivity index (χ4n) is 1.89. The van der Waals surface area contributed by atoms with Crippen molar-refractivity contribution in [2.75, 3.05) is 6.54 Å². The maximum atomic E-state index is 12.0. The van der Waals surface area contributed by atoms with Crippen LogP contribution in [0, 0.1) is 13.8 Å². The smallest absolute Gasteiger partial charge is 0.251 e. The van der Waals surface area contributed by atoms with Gasteiger partial charge in [-0.15, -0.1) is 0 Å². The molecule has 0 saturated carbocycles. The first-order valence-electron chi connectivity index (χ1n) is 6.59. The highest BCUT2D eigenvalue weighted by Gasteiger charge is 2.05. The lowest BCUT2D eigenvalue weighted by molar-refractivity contribution is 0.0952. The summed E-state index contributed by atoms with van der Waals surface area (Å²) >= 11 is 5.78. The second-order valence-corrected chi connectivity index (χ2v) is 5.27. The first-order valence-corrected chi connectivity index (χ1v) is 6.97. The SMILES string of the molecule is Cc1ccc(C(=O)NCCCn2cc(Cl)cn2)cc1C. The van der Waals surface area contributed by atoms with Gasteiger partial charge < -0.3 is 5.32 Å². The molecule has 0 unspecified atom stereocenters. The number of benzene rings is 1. The lowest BCUT2D eigenvalue weighted by atomic mass is 10.1. The van der Waals surface area contributed by atoms with Crippen molar-refractivity contribution in [3.05, 3.63) is 52.3 Å². The van der Waals surface area contributed by atoms with Crippen molar-refractivity contribution < 1.29 is 4.79 Å². The van der Waals surface area contributed by atoms with Crippen LogP contribution in [0.1, 0.15) is 27.9 Å². The minimum atomic E-state index is -0.0356. The van der Waals surface area contributed by atoms with E-state index in [-0.39, 0.29) is 5.91 Å². The van der Waals surface area contributed by atoms with Gasteiger partial charge in [0.1, 0.15) is 0 Å². The molecule has 0 fully saturated rings. The van der Waals surface area contributed by atoms with Crippen molar-refractivity contribution in [2.45, 2.75) is 26.8 Å². The number of rotatable bonds is 5. The molecule has 5 heteroatoms. The van der Waals surface area contributed by atoms with Gasteiger partial charge in [-0.1, -0.05) is 17.7 Å². The second kappa shape index (κ2) is 6.57. The topological polar surface area (TPSA) is 46.9 Å². The second-order valence-electron chi connectivity index (χ2n) is 4.83. The average molecular weight is 292 g/mol. The number of carbonyl (C=O) groups is 1. The maximum Gasteiger partial charge on any atom is 0.251 e. The van der Waals surface area contributed by atoms with Gasteiger partial charge in [0.15, 0.2) is 0 Å². The third-order valence-electron chi connectivity index (χ3n) is 3.22. The van der Waals surface area contributed by atoms with Crippen molar-refractivity contribution in [1.82, 2.24) is 15.1 Å². The number of aromatic nitrogens is 2. The number of hydrogen-bond acceptors (Lipinski definition) is 2. The number of hydrogen-bond donors (Lipinski definition) is 1. The molecule has 0 spiro atoms. The highest BCUT2D eigenvalue weighted by atomic mass is 35.5. The molecule has 0 radical (unpaired) electrons. The van der Waals surface area contributed by atoms with Crippen LogP contribution in [0.2, 0.25) is 5.02 Å². The van der Waals surface area contributed by atoms with Crippen LogP contribution in [0.4, 0.5) is 0 Å². The van der Waals surface area contributed by atoms with Gasteiger partial charge in [-0.25, -0.2) is 0 Å². The van der Waals surface area contributed by atoms with Gasteiger partial charge in [0.2, 0.25) is 0 Å². The summed E-state index contributed by atoms with van der Waals surface area (Å²) in [4.78, 5) is 12.0. The van der Waals surface area contributed by atoms with Crippen LogP contribution in [0.3, 0.4) is 0 Å². The Morgan fingerprint density at radius 2 is 2.15 bits per heavy atom. The quantitative estimate of drug-likeness (QED) is 0.861. The average Bonchev–Trinajstić information content (AvgIpc) is 2.83. The Morgan fingerprint density at radius 3 is 2.80 bits per heavy atom. The number of halogens is 1. The van der Waals surface area contributed by atoms with E-state index in [0.29, 0.717) is 17.1 Å². The van der Waals surface area contributed by atoms with Crippen molar-refractivity contribution >= 4 is 17.5 Å². The monoisotopic (exact) mass is 291 g/mol. The molecule has 0 bridgehead atoms. The molecule has 2 rings (SSSR count). The number of carbonyl (C=O) groups excluding carboxylic acids is 1. The Labute approximate surface area is 123 Å². The number of aryl methyl sites for hydroxylation is 3. The van der Waals surface area contributed by atoms with Crippen LogP contribution in [-0.2, 0) is 6.54 Å². The summed E-state index contributed by atoms with van der Waals surface area (Å²) in [5.74, 6) is -0.0356. The zero-order chi connectivity index (χ0) is 14.5. The third kappa shape index (κ3) is 3.84. The fraction of sp³-hybridized carbons (Fsp3) is 0.333. The lowest BCUT2D eigenvalue weighted by Crippen LogP contribution is -2.25. The minimum absolute atomic E-state index is 0.0356. The summed E-state index contributed by atoms with van der Waals surface area (Å²) < 4.78 is 1.77. The lowest BCUT2D eigenvalue weighted by Gasteiger charge is -2.07. The molecule has 1 heterocycles. The summed E-state index contributed by atoms with van der Waals surface area (Å²) in [6.45, 7) is 5.39. The van der Waals surface area contributed by atoms with Gasteiger partial charge in [-0.3, -0.25) is 9.48 Å². The number of amides is 1. The Kier molecular flexibility index (Phi) is 4.79. The molecule has 4 nitrogen and oxygen atoms in total. The summed E-state index contributed by atoms with van der Waals surface area (Å²) in [7, 11) is 0. The van der Waals surface area contributed by atoms with E-state index in [4.69, 9.17) is 11.6 Å². The van der Waals surface area contributed by atoms with E-state index < -0.39 is 0 Å². The highest BCUT2D eigenvalue weighted by molar-refractivity contribution is 6.30. The summed E-state index contributed by atoms with van der Waals surface area (Å²) in [6.07, 6.45) is 4.19. The van der Waals surface area contributed by atoms with E-state index in [1.165, 1.54) is 5.56 Å². The van der Waals surface area contributed by atoms with E-state index in [9.17, 15) is 4.79 Å². The molecule has 1 N–H and O–H groups in total. The molecule has 0 aliphatic heterocycles. The third-order valence-corrected chi connectivity index (χ3v) is 3.42. The first-order chi connectivity index (χ1) is 9.56. The van der Waals surface area contributed by atoms with Gasteiger partial charge in [0.05, 0.1) is 11.2 Å².